The lowest BCUT2D eigenvalue weighted by molar-refractivity contribution is 0.597. The van der Waals surface area contributed by atoms with E-state index in [2.05, 4.69) is 4.72 Å². The van der Waals surface area contributed by atoms with Gasteiger partial charge in [0.25, 0.3) is 10.0 Å². The van der Waals surface area contributed by atoms with Crippen molar-refractivity contribution in [2.45, 2.75) is 4.90 Å². The van der Waals surface area contributed by atoms with Gasteiger partial charge in [-0.2, -0.15) is 0 Å². The topological polar surface area (TPSA) is 72.2 Å². The van der Waals surface area contributed by atoms with Crippen LogP contribution in [0.5, 0.6) is 0 Å². The normalized spacial score (nSPS) is 11.4. The molecule has 0 heterocycles. The first-order valence-corrected chi connectivity index (χ1v) is 7.67. The third-order valence-electron chi connectivity index (χ3n) is 2.54. The molecule has 4 nitrogen and oxygen atoms in total. The van der Waals surface area contributed by atoms with Gasteiger partial charge in [-0.1, -0.05) is 29.3 Å². The van der Waals surface area contributed by atoms with Crippen LogP contribution in [0.4, 0.5) is 20.2 Å². The minimum Gasteiger partial charge on any atom is -0.395 e. The number of hydrogen-bond donors (Lipinski definition) is 2. The van der Waals surface area contributed by atoms with E-state index in [-0.39, 0.29) is 15.7 Å². The van der Waals surface area contributed by atoms with Crippen LogP contribution in [0.3, 0.4) is 0 Å². The minimum atomic E-state index is -4.17. The molecule has 0 saturated heterocycles. The molecule has 21 heavy (non-hydrogen) atoms. The van der Waals surface area contributed by atoms with E-state index in [0.717, 1.165) is 24.3 Å². The highest BCUT2D eigenvalue weighted by atomic mass is 35.5. The summed E-state index contributed by atoms with van der Waals surface area (Å²) in [6.07, 6.45) is 0. The lowest BCUT2D eigenvalue weighted by Crippen LogP contribution is -2.15. The number of sulfonamides is 1. The number of nitrogens with one attached hydrogen (secondary N) is 1. The molecule has 3 N–H and O–H groups in total. The van der Waals surface area contributed by atoms with Gasteiger partial charge in [0.1, 0.15) is 10.7 Å². The predicted octanol–water partition coefficient (Wildman–Crippen LogP) is 3.65. The van der Waals surface area contributed by atoms with Gasteiger partial charge in [0.2, 0.25) is 0 Å². The number of benzene rings is 2. The summed E-state index contributed by atoms with van der Waals surface area (Å²) < 4.78 is 53.0. The van der Waals surface area contributed by atoms with Crippen molar-refractivity contribution in [3.05, 3.63) is 52.0 Å². The van der Waals surface area contributed by atoms with Crippen molar-refractivity contribution < 1.29 is 17.2 Å². The van der Waals surface area contributed by atoms with Gasteiger partial charge >= 0.3 is 0 Å². The lowest BCUT2D eigenvalue weighted by Gasteiger charge is -2.11. The maximum atomic E-state index is 13.3. The SMILES string of the molecule is Nc1c(F)cccc1S(=O)(=O)Nc1cc(Cl)c(F)c(Cl)c1. The summed E-state index contributed by atoms with van der Waals surface area (Å²) in [6, 6.07) is 5.43. The Morgan fingerprint density at radius 2 is 1.67 bits per heavy atom. The van der Waals surface area contributed by atoms with Crippen LogP contribution in [-0.2, 0) is 10.0 Å². The van der Waals surface area contributed by atoms with Gasteiger partial charge in [0.15, 0.2) is 5.82 Å². The largest absolute Gasteiger partial charge is 0.395 e. The number of para-hydroxylation sites is 1. The summed E-state index contributed by atoms with van der Waals surface area (Å²) in [6.45, 7) is 0. The molecule has 0 radical (unpaired) electrons. The summed E-state index contributed by atoms with van der Waals surface area (Å²) in [4.78, 5) is -0.445. The summed E-state index contributed by atoms with van der Waals surface area (Å²) in [5, 5.41) is -0.708. The van der Waals surface area contributed by atoms with E-state index in [4.69, 9.17) is 28.9 Å². The van der Waals surface area contributed by atoms with E-state index >= 15 is 0 Å². The fraction of sp³-hybridized carbons (Fsp3) is 0. The summed E-state index contributed by atoms with van der Waals surface area (Å²) in [5.41, 5.74) is 4.80. The Bertz CT molecular complexity index is 790. The molecule has 0 aromatic heterocycles. The summed E-state index contributed by atoms with van der Waals surface area (Å²) in [5.74, 6) is -1.74. The second kappa shape index (κ2) is 5.67. The monoisotopic (exact) mass is 352 g/mol. The van der Waals surface area contributed by atoms with Gasteiger partial charge in [-0.25, -0.2) is 17.2 Å². The van der Waals surface area contributed by atoms with Gasteiger partial charge < -0.3 is 5.73 Å². The molecule has 0 saturated carbocycles. The summed E-state index contributed by atoms with van der Waals surface area (Å²) in [7, 11) is -4.17. The van der Waals surface area contributed by atoms with E-state index in [1.165, 1.54) is 6.07 Å². The molecule has 2 rings (SSSR count). The van der Waals surface area contributed by atoms with Gasteiger partial charge in [-0.3, -0.25) is 4.72 Å². The zero-order chi connectivity index (χ0) is 15.8. The Morgan fingerprint density at radius 3 is 2.24 bits per heavy atom. The first kappa shape index (κ1) is 15.8. The average Bonchev–Trinajstić information content (AvgIpc) is 2.38. The Labute approximate surface area is 129 Å². The maximum Gasteiger partial charge on any atom is 0.264 e. The molecule has 0 atom stereocenters. The number of nitrogen functional groups attached to an aromatic ring is 1. The molecule has 2 aromatic rings. The second-order valence-electron chi connectivity index (χ2n) is 4.01. The van der Waals surface area contributed by atoms with E-state index in [1.807, 2.05) is 0 Å². The highest BCUT2D eigenvalue weighted by molar-refractivity contribution is 7.92. The maximum absolute atomic E-state index is 13.3. The Hall–Kier alpha value is -1.57. The smallest absolute Gasteiger partial charge is 0.264 e. The van der Waals surface area contributed by atoms with Gasteiger partial charge in [0.05, 0.1) is 21.4 Å². The van der Waals surface area contributed by atoms with E-state index in [0.29, 0.717) is 0 Å². The molecule has 0 aliphatic carbocycles. The van der Waals surface area contributed by atoms with Crippen LogP contribution in [0.2, 0.25) is 10.0 Å². The summed E-state index contributed by atoms with van der Waals surface area (Å²) >= 11 is 11.1. The lowest BCUT2D eigenvalue weighted by atomic mass is 10.3. The highest BCUT2D eigenvalue weighted by Gasteiger charge is 2.20. The van der Waals surface area contributed by atoms with E-state index in [1.54, 1.807) is 0 Å². The number of anilines is 2. The first-order chi connectivity index (χ1) is 9.72. The molecule has 0 unspecified atom stereocenters. The van der Waals surface area contributed by atoms with Crippen molar-refractivity contribution in [1.29, 1.82) is 0 Å². The van der Waals surface area contributed by atoms with Crippen LogP contribution in [0.1, 0.15) is 0 Å². The quantitative estimate of drug-likeness (QED) is 0.654. The number of nitrogens with two attached hydrogens (primary N) is 1. The minimum absolute atomic E-state index is 0.0740. The zero-order valence-corrected chi connectivity index (χ0v) is 12.5. The van der Waals surface area contributed by atoms with E-state index in [9.17, 15) is 17.2 Å². The predicted molar refractivity (Wildman–Crippen MR) is 78.0 cm³/mol. The van der Waals surface area contributed by atoms with Crippen LogP contribution in [0.25, 0.3) is 0 Å². The first-order valence-electron chi connectivity index (χ1n) is 5.43. The number of hydrogen-bond acceptors (Lipinski definition) is 3. The average molecular weight is 353 g/mol. The molecule has 0 aliphatic heterocycles. The number of halogens is 4. The molecule has 0 aliphatic rings. The van der Waals surface area contributed by atoms with Crippen LogP contribution in [0.15, 0.2) is 35.2 Å². The Kier molecular flexibility index (Phi) is 4.27. The van der Waals surface area contributed by atoms with Crippen molar-refractivity contribution in [3.63, 3.8) is 0 Å². The van der Waals surface area contributed by atoms with Crippen LogP contribution in [0, 0.1) is 11.6 Å². The van der Waals surface area contributed by atoms with Crippen LogP contribution < -0.4 is 10.5 Å². The van der Waals surface area contributed by atoms with Gasteiger partial charge in [-0.15, -0.1) is 0 Å². The molecule has 0 bridgehead atoms. The molecule has 0 spiro atoms. The standard InChI is InChI=1S/C12H8Cl2F2N2O2S/c13-7-4-6(5-8(14)11(7)16)18-21(19,20)10-3-1-2-9(15)12(10)17/h1-5,18H,17H2. The highest BCUT2D eigenvalue weighted by Crippen LogP contribution is 2.29. The van der Waals surface area contributed by atoms with Gasteiger partial charge in [-0.05, 0) is 24.3 Å². The van der Waals surface area contributed by atoms with Gasteiger partial charge in [0, 0.05) is 0 Å². The van der Waals surface area contributed by atoms with Crippen molar-refractivity contribution >= 4 is 44.6 Å². The third-order valence-corrected chi connectivity index (χ3v) is 4.53. The molecule has 9 heteroatoms. The number of rotatable bonds is 3. The Balaban J connectivity index is 2.45. The third kappa shape index (κ3) is 3.20. The van der Waals surface area contributed by atoms with Crippen molar-refractivity contribution in [2.75, 3.05) is 10.5 Å². The van der Waals surface area contributed by atoms with E-state index < -0.39 is 32.2 Å². The molecule has 112 valence electrons. The molecular formula is C12H8Cl2F2N2O2S. The second-order valence-corrected chi connectivity index (χ2v) is 6.48. The zero-order valence-electron chi connectivity index (χ0n) is 10.2. The molecule has 2 aromatic carbocycles. The fourth-order valence-corrected chi connectivity index (χ4v) is 3.25. The van der Waals surface area contributed by atoms with Crippen LogP contribution in [-0.4, -0.2) is 8.42 Å². The fourth-order valence-electron chi connectivity index (χ4n) is 1.58. The van der Waals surface area contributed by atoms with Crippen molar-refractivity contribution in [2.24, 2.45) is 0 Å². The molecule has 0 amide bonds. The van der Waals surface area contributed by atoms with Crippen molar-refractivity contribution in [3.8, 4) is 0 Å². The molecule has 0 fully saturated rings. The molecular weight excluding hydrogens is 345 g/mol. The van der Waals surface area contributed by atoms with Crippen molar-refractivity contribution in [1.82, 2.24) is 0 Å². The van der Waals surface area contributed by atoms with Crippen LogP contribution >= 0.6 is 23.2 Å². The Morgan fingerprint density at radius 1 is 1.10 bits per heavy atom.